The van der Waals surface area contributed by atoms with Gasteiger partial charge in [0.05, 0.1) is 11.3 Å². The first-order valence-electron chi connectivity index (χ1n) is 5.75. The molecule has 1 aromatic heterocycles. The molecule has 0 saturated carbocycles. The number of carbonyl (C=O) groups is 1. The summed E-state index contributed by atoms with van der Waals surface area (Å²) in [6.07, 6.45) is 0. The van der Waals surface area contributed by atoms with Gasteiger partial charge in [-0.15, -0.1) is 11.6 Å². The standard InChI is InChI=1S/C12H20ClN3O/c1-7(6-13)8(2)14-12(17)11-9(3)15-16(5)10(11)4/h7-8H,6H2,1-5H3,(H,14,17). The number of nitrogens with one attached hydrogen (secondary N) is 1. The SMILES string of the molecule is Cc1nn(C)c(C)c1C(=O)NC(C)C(C)CCl. The van der Waals surface area contributed by atoms with E-state index in [2.05, 4.69) is 10.4 Å². The minimum Gasteiger partial charge on any atom is -0.349 e. The van der Waals surface area contributed by atoms with E-state index in [4.69, 9.17) is 11.6 Å². The molecule has 5 heteroatoms. The molecule has 0 radical (unpaired) electrons. The van der Waals surface area contributed by atoms with Crippen molar-refractivity contribution in [2.24, 2.45) is 13.0 Å². The molecule has 0 fully saturated rings. The zero-order chi connectivity index (χ0) is 13.2. The Kier molecular flexibility index (Phi) is 4.57. The highest BCUT2D eigenvalue weighted by molar-refractivity contribution is 6.18. The summed E-state index contributed by atoms with van der Waals surface area (Å²) in [6.45, 7) is 7.72. The van der Waals surface area contributed by atoms with Crippen LogP contribution in [0.3, 0.4) is 0 Å². The topological polar surface area (TPSA) is 46.9 Å². The van der Waals surface area contributed by atoms with Gasteiger partial charge in [-0.1, -0.05) is 6.92 Å². The number of halogens is 1. The van der Waals surface area contributed by atoms with Crippen LogP contribution in [0.25, 0.3) is 0 Å². The van der Waals surface area contributed by atoms with Crippen molar-refractivity contribution in [2.75, 3.05) is 5.88 Å². The minimum absolute atomic E-state index is 0.0546. The van der Waals surface area contributed by atoms with Crippen LogP contribution in [-0.2, 0) is 7.05 Å². The third-order valence-electron chi connectivity index (χ3n) is 3.19. The highest BCUT2D eigenvalue weighted by Crippen LogP contribution is 2.13. The summed E-state index contributed by atoms with van der Waals surface area (Å²) in [5.41, 5.74) is 2.31. The second kappa shape index (κ2) is 5.54. The van der Waals surface area contributed by atoms with Crippen molar-refractivity contribution in [2.45, 2.75) is 33.7 Å². The maximum Gasteiger partial charge on any atom is 0.255 e. The van der Waals surface area contributed by atoms with Gasteiger partial charge in [-0.05, 0) is 26.7 Å². The van der Waals surface area contributed by atoms with Crippen LogP contribution >= 0.6 is 11.6 Å². The van der Waals surface area contributed by atoms with Crippen LogP contribution in [0.1, 0.15) is 35.6 Å². The lowest BCUT2D eigenvalue weighted by atomic mass is 10.1. The first-order chi connectivity index (χ1) is 7.88. The molecule has 2 unspecified atom stereocenters. The maximum atomic E-state index is 12.1. The third-order valence-corrected chi connectivity index (χ3v) is 3.68. The monoisotopic (exact) mass is 257 g/mol. The number of alkyl halides is 1. The summed E-state index contributed by atoms with van der Waals surface area (Å²) in [7, 11) is 1.84. The number of amides is 1. The lowest BCUT2D eigenvalue weighted by molar-refractivity contribution is 0.0929. The zero-order valence-electron chi connectivity index (χ0n) is 11.0. The highest BCUT2D eigenvalue weighted by atomic mass is 35.5. The molecule has 0 aliphatic rings. The minimum atomic E-state index is -0.0717. The molecule has 1 amide bonds. The van der Waals surface area contributed by atoms with E-state index in [0.717, 1.165) is 11.4 Å². The molecule has 17 heavy (non-hydrogen) atoms. The van der Waals surface area contributed by atoms with Crippen LogP contribution in [0.4, 0.5) is 0 Å². The zero-order valence-corrected chi connectivity index (χ0v) is 11.8. The lowest BCUT2D eigenvalue weighted by Gasteiger charge is -2.19. The molecule has 0 spiro atoms. The van der Waals surface area contributed by atoms with E-state index in [-0.39, 0.29) is 17.9 Å². The Labute approximate surface area is 107 Å². The number of hydrogen-bond donors (Lipinski definition) is 1. The van der Waals surface area contributed by atoms with Crippen LogP contribution in [0.2, 0.25) is 0 Å². The van der Waals surface area contributed by atoms with E-state index in [1.165, 1.54) is 0 Å². The average molecular weight is 258 g/mol. The normalized spacial score (nSPS) is 14.5. The number of nitrogens with zero attached hydrogens (tertiary/aromatic N) is 2. The summed E-state index contributed by atoms with van der Waals surface area (Å²) in [6, 6.07) is 0.0546. The molecule has 1 rings (SSSR count). The van der Waals surface area contributed by atoms with Crippen molar-refractivity contribution in [1.82, 2.24) is 15.1 Å². The molecule has 0 aromatic carbocycles. The average Bonchev–Trinajstić information content (AvgIpc) is 2.51. The fourth-order valence-electron chi connectivity index (χ4n) is 1.66. The molecule has 0 aliphatic carbocycles. The van der Waals surface area contributed by atoms with Gasteiger partial charge in [-0.2, -0.15) is 5.10 Å². The number of aromatic nitrogens is 2. The Morgan fingerprint density at radius 2 is 2.06 bits per heavy atom. The van der Waals surface area contributed by atoms with Crippen molar-refractivity contribution >= 4 is 17.5 Å². The van der Waals surface area contributed by atoms with Crippen LogP contribution in [0.15, 0.2) is 0 Å². The smallest absolute Gasteiger partial charge is 0.255 e. The van der Waals surface area contributed by atoms with Crippen LogP contribution < -0.4 is 5.32 Å². The van der Waals surface area contributed by atoms with E-state index in [1.54, 1.807) is 4.68 Å². The Morgan fingerprint density at radius 1 is 1.47 bits per heavy atom. The van der Waals surface area contributed by atoms with Gasteiger partial charge in [0.2, 0.25) is 0 Å². The van der Waals surface area contributed by atoms with E-state index >= 15 is 0 Å². The highest BCUT2D eigenvalue weighted by Gasteiger charge is 2.20. The Hall–Kier alpha value is -1.03. The molecule has 0 aliphatic heterocycles. The van der Waals surface area contributed by atoms with Gasteiger partial charge in [0.1, 0.15) is 0 Å². The molecule has 0 bridgehead atoms. The third kappa shape index (κ3) is 3.00. The number of hydrogen-bond acceptors (Lipinski definition) is 2. The molecule has 2 atom stereocenters. The molecule has 1 N–H and O–H groups in total. The largest absolute Gasteiger partial charge is 0.349 e. The van der Waals surface area contributed by atoms with Crippen molar-refractivity contribution in [3.05, 3.63) is 17.0 Å². The predicted molar refractivity (Wildman–Crippen MR) is 69.5 cm³/mol. The quantitative estimate of drug-likeness (QED) is 0.839. The second-order valence-electron chi connectivity index (χ2n) is 4.56. The van der Waals surface area contributed by atoms with E-state index in [9.17, 15) is 4.79 Å². The molecule has 1 aromatic rings. The Morgan fingerprint density at radius 3 is 2.47 bits per heavy atom. The molecule has 0 saturated heterocycles. The summed E-state index contributed by atoms with van der Waals surface area (Å²) in [5, 5.41) is 7.20. The van der Waals surface area contributed by atoms with E-state index in [0.29, 0.717) is 11.4 Å². The van der Waals surface area contributed by atoms with Gasteiger partial charge in [0.15, 0.2) is 0 Å². The molecule has 4 nitrogen and oxygen atoms in total. The fourth-order valence-corrected chi connectivity index (χ4v) is 1.92. The number of carbonyl (C=O) groups excluding carboxylic acids is 1. The van der Waals surface area contributed by atoms with Crippen LogP contribution in [0, 0.1) is 19.8 Å². The van der Waals surface area contributed by atoms with Gasteiger partial charge in [0, 0.05) is 24.7 Å². The first kappa shape index (κ1) is 14.0. The van der Waals surface area contributed by atoms with Crippen molar-refractivity contribution in [1.29, 1.82) is 0 Å². The molecule has 96 valence electrons. The van der Waals surface area contributed by atoms with Crippen molar-refractivity contribution in [3.8, 4) is 0 Å². The Balaban J connectivity index is 2.83. The van der Waals surface area contributed by atoms with Crippen molar-refractivity contribution < 1.29 is 4.79 Å². The summed E-state index contributed by atoms with van der Waals surface area (Å²) < 4.78 is 1.72. The summed E-state index contributed by atoms with van der Waals surface area (Å²) in [5.74, 6) is 0.711. The van der Waals surface area contributed by atoms with Crippen LogP contribution in [-0.4, -0.2) is 27.6 Å². The molecular weight excluding hydrogens is 238 g/mol. The van der Waals surface area contributed by atoms with Gasteiger partial charge in [0.25, 0.3) is 5.91 Å². The summed E-state index contributed by atoms with van der Waals surface area (Å²) in [4.78, 5) is 12.1. The number of rotatable bonds is 4. The van der Waals surface area contributed by atoms with Gasteiger partial charge < -0.3 is 5.32 Å². The second-order valence-corrected chi connectivity index (χ2v) is 4.87. The van der Waals surface area contributed by atoms with Crippen molar-refractivity contribution in [3.63, 3.8) is 0 Å². The predicted octanol–water partition coefficient (Wildman–Crippen LogP) is 2.03. The summed E-state index contributed by atoms with van der Waals surface area (Å²) >= 11 is 5.78. The Bertz CT molecular complexity index is 414. The lowest BCUT2D eigenvalue weighted by Crippen LogP contribution is -2.38. The van der Waals surface area contributed by atoms with Gasteiger partial charge in [-0.3, -0.25) is 9.48 Å². The fraction of sp³-hybridized carbons (Fsp3) is 0.667. The number of aryl methyl sites for hydroxylation is 2. The van der Waals surface area contributed by atoms with Gasteiger partial charge >= 0.3 is 0 Å². The van der Waals surface area contributed by atoms with E-state index < -0.39 is 0 Å². The first-order valence-corrected chi connectivity index (χ1v) is 6.29. The van der Waals surface area contributed by atoms with E-state index in [1.807, 2.05) is 34.7 Å². The molecular formula is C12H20ClN3O. The van der Waals surface area contributed by atoms with Crippen LogP contribution in [0.5, 0.6) is 0 Å². The molecule has 1 heterocycles. The van der Waals surface area contributed by atoms with Gasteiger partial charge in [-0.25, -0.2) is 0 Å². The maximum absolute atomic E-state index is 12.1.